The summed E-state index contributed by atoms with van der Waals surface area (Å²) in [7, 11) is 1.66. The van der Waals surface area contributed by atoms with E-state index in [1.807, 2.05) is 73.1 Å². The number of aromatic nitrogens is 4. The Kier molecular flexibility index (Phi) is 14.5. The average molecular weight is 599 g/mol. The number of rotatable bonds is 7. The molecule has 0 radical (unpaired) electrons. The number of fused-ring (bicyclic) bond motifs is 1. The SMILES string of the molecule is CC.CC.COc1c(C)cnc(Cn2cc(C#CCN(C(C)C)C(C)C)c3c(Cl)nc(NC(=O)C(C)(C)C)nc32)c1C. The van der Waals surface area contributed by atoms with Gasteiger partial charge in [-0.05, 0) is 41.5 Å². The first kappa shape index (κ1) is 36.9. The fourth-order valence-electron chi connectivity index (χ4n) is 4.28. The molecule has 0 fully saturated rings. The van der Waals surface area contributed by atoms with E-state index in [4.69, 9.17) is 21.3 Å². The van der Waals surface area contributed by atoms with Crippen molar-refractivity contribution in [2.24, 2.45) is 5.41 Å². The number of aryl methyl sites for hydroxylation is 1. The molecule has 8 nitrogen and oxygen atoms in total. The van der Waals surface area contributed by atoms with Gasteiger partial charge in [0.05, 0.1) is 36.8 Å². The van der Waals surface area contributed by atoms with Gasteiger partial charge < -0.3 is 9.30 Å². The molecule has 42 heavy (non-hydrogen) atoms. The molecule has 0 unspecified atom stereocenters. The molecule has 0 bridgehead atoms. The van der Waals surface area contributed by atoms with Crippen molar-refractivity contribution in [1.29, 1.82) is 0 Å². The maximum atomic E-state index is 12.6. The minimum atomic E-state index is -0.610. The van der Waals surface area contributed by atoms with Gasteiger partial charge in [-0.2, -0.15) is 9.97 Å². The van der Waals surface area contributed by atoms with Crippen LogP contribution in [0.4, 0.5) is 5.95 Å². The average Bonchev–Trinajstić information content (AvgIpc) is 3.27. The molecule has 9 heteroatoms. The zero-order chi connectivity index (χ0) is 32.4. The summed E-state index contributed by atoms with van der Waals surface area (Å²) in [5.74, 6) is 7.36. The molecule has 0 saturated heterocycles. The molecule has 1 N–H and O–H groups in total. The number of halogens is 1. The van der Waals surface area contributed by atoms with Gasteiger partial charge in [0.15, 0.2) is 0 Å². The smallest absolute Gasteiger partial charge is 0.232 e. The van der Waals surface area contributed by atoms with Crippen LogP contribution >= 0.6 is 11.6 Å². The number of nitrogens with one attached hydrogen (secondary N) is 1. The third-order valence-electron chi connectivity index (χ3n) is 6.46. The van der Waals surface area contributed by atoms with Crippen LogP contribution < -0.4 is 10.1 Å². The molecule has 3 heterocycles. The second-order valence-corrected chi connectivity index (χ2v) is 11.5. The van der Waals surface area contributed by atoms with Crippen LogP contribution in [0.5, 0.6) is 5.75 Å². The normalized spacial score (nSPS) is 11.0. The van der Waals surface area contributed by atoms with Crippen molar-refractivity contribution < 1.29 is 9.53 Å². The van der Waals surface area contributed by atoms with Crippen LogP contribution in [0.1, 0.15) is 98.5 Å². The van der Waals surface area contributed by atoms with E-state index < -0.39 is 5.41 Å². The highest BCUT2D eigenvalue weighted by Crippen LogP contribution is 2.30. The number of hydrogen-bond donors (Lipinski definition) is 1. The highest BCUT2D eigenvalue weighted by molar-refractivity contribution is 6.34. The van der Waals surface area contributed by atoms with Crippen molar-refractivity contribution in [1.82, 2.24) is 24.4 Å². The summed E-state index contributed by atoms with van der Waals surface area (Å²) in [4.78, 5) is 28.7. The molecule has 232 valence electrons. The fourth-order valence-corrected chi connectivity index (χ4v) is 4.55. The zero-order valence-electron chi connectivity index (χ0n) is 28.2. The molecule has 0 aromatic carbocycles. The van der Waals surface area contributed by atoms with Gasteiger partial charge in [0.25, 0.3) is 0 Å². The number of hydrogen-bond acceptors (Lipinski definition) is 6. The molecule has 0 aliphatic heterocycles. The molecule has 0 saturated carbocycles. The molecule has 3 aromatic rings. The number of carbonyl (C=O) groups excluding carboxylic acids is 1. The van der Waals surface area contributed by atoms with Crippen LogP contribution in [0.25, 0.3) is 11.0 Å². The van der Waals surface area contributed by atoms with Crippen molar-refractivity contribution >= 4 is 34.5 Å². The Hall–Kier alpha value is -3.15. The number of methoxy groups -OCH3 is 1. The van der Waals surface area contributed by atoms with E-state index in [0.29, 0.717) is 36.2 Å². The second kappa shape index (κ2) is 16.5. The first-order valence-corrected chi connectivity index (χ1v) is 15.2. The van der Waals surface area contributed by atoms with Crippen LogP contribution in [-0.2, 0) is 11.3 Å². The van der Waals surface area contributed by atoms with Crippen molar-refractivity contribution in [3.05, 3.63) is 39.9 Å². The van der Waals surface area contributed by atoms with Crippen LogP contribution in [-0.4, -0.2) is 56.1 Å². The topological polar surface area (TPSA) is 85.2 Å². The number of nitrogens with zero attached hydrogens (tertiary/aromatic N) is 5. The Morgan fingerprint density at radius 3 is 2.21 bits per heavy atom. The van der Waals surface area contributed by atoms with Gasteiger partial charge in [0, 0.05) is 41.0 Å². The van der Waals surface area contributed by atoms with Crippen molar-refractivity contribution in [3.8, 4) is 17.6 Å². The highest BCUT2D eigenvalue weighted by atomic mass is 35.5. The van der Waals surface area contributed by atoms with Gasteiger partial charge in [-0.25, -0.2) is 0 Å². The van der Waals surface area contributed by atoms with E-state index in [1.165, 1.54) is 0 Å². The fraction of sp³-hybridized carbons (Fsp3) is 0.576. The second-order valence-electron chi connectivity index (χ2n) is 11.1. The van der Waals surface area contributed by atoms with E-state index in [2.05, 4.69) is 59.7 Å². The Morgan fingerprint density at radius 2 is 1.69 bits per heavy atom. The molecule has 0 aliphatic rings. The van der Waals surface area contributed by atoms with Gasteiger partial charge in [0.1, 0.15) is 16.5 Å². The lowest BCUT2D eigenvalue weighted by Crippen LogP contribution is -2.37. The summed E-state index contributed by atoms with van der Waals surface area (Å²) < 4.78 is 7.55. The predicted octanol–water partition coefficient (Wildman–Crippen LogP) is 7.66. The maximum absolute atomic E-state index is 12.6. The van der Waals surface area contributed by atoms with E-state index in [1.54, 1.807) is 13.3 Å². The third-order valence-corrected chi connectivity index (χ3v) is 6.73. The summed E-state index contributed by atoms with van der Waals surface area (Å²) in [6.07, 6.45) is 3.73. The molecule has 1 amide bonds. The lowest BCUT2D eigenvalue weighted by molar-refractivity contribution is -0.123. The number of carbonyl (C=O) groups is 1. The van der Waals surface area contributed by atoms with Gasteiger partial charge in [-0.15, -0.1) is 0 Å². The summed E-state index contributed by atoms with van der Waals surface area (Å²) >= 11 is 6.69. The molecular formula is C33H51ClN6O2. The Balaban J connectivity index is 0.00000211. The Bertz CT molecular complexity index is 1390. The zero-order valence-corrected chi connectivity index (χ0v) is 28.9. The molecule has 0 aliphatic carbocycles. The molecule has 3 aromatic heterocycles. The first-order valence-electron chi connectivity index (χ1n) is 14.9. The van der Waals surface area contributed by atoms with Crippen LogP contribution in [0.2, 0.25) is 5.15 Å². The minimum absolute atomic E-state index is 0.151. The molecule has 0 spiro atoms. The van der Waals surface area contributed by atoms with Gasteiger partial charge in [-0.1, -0.05) is 71.9 Å². The Labute approximate surface area is 258 Å². The molecule has 3 rings (SSSR count). The quantitative estimate of drug-likeness (QED) is 0.222. The monoisotopic (exact) mass is 598 g/mol. The first-order chi connectivity index (χ1) is 19.7. The summed E-state index contributed by atoms with van der Waals surface area (Å²) in [6, 6.07) is 0.745. The number of amides is 1. The van der Waals surface area contributed by atoms with Crippen LogP contribution in [0, 0.1) is 31.1 Å². The number of ether oxygens (including phenoxy) is 1. The van der Waals surface area contributed by atoms with E-state index >= 15 is 0 Å². The van der Waals surface area contributed by atoms with Crippen molar-refractivity contribution in [2.45, 2.75) is 109 Å². The maximum Gasteiger partial charge on any atom is 0.232 e. The highest BCUT2D eigenvalue weighted by Gasteiger charge is 2.24. The minimum Gasteiger partial charge on any atom is -0.496 e. The largest absolute Gasteiger partial charge is 0.496 e. The number of anilines is 1. The lowest BCUT2D eigenvalue weighted by atomic mass is 9.96. The molecular weight excluding hydrogens is 548 g/mol. The third kappa shape index (κ3) is 9.17. The standard InChI is InChI=1S/C29H39ClN6O2.2C2H6/c1-17(2)36(18(3)4)13-11-12-21-15-35(16-22-20(6)24(38-10)19(5)14-31-22)26-23(21)25(30)32-28(33-26)34-27(37)29(7,8)9;2*1-2/h14-15,17-18H,13,16H2,1-10H3,(H,32,33,34,37);2*1-2H3. The van der Waals surface area contributed by atoms with E-state index in [0.717, 1.165) is 28.1 Å². The van der Waals surface area contributed by atoms with Gasteiger partial charge in [-0.3, -0.25) is 20.0 Å². The summed E-state index contributed by atoms with van der Waals surface area (Å²) in [5, 5.41) is 3.68. The van der Waals surface area contributed by atoms with Gasteiger partial charge in [0.2, 0.25) is 11.9 Å². The predicted molar refractivity (Wildman–Crippen MR) is 177 cm³/mol. The van der Waals surface area contributed by atoms with Crippen LogP contribution in [0.3, 0.4) is 0 Å². The Morgan fingerprint density at radius 1 is 1.10 bits per heavy atom. The van der Waals surface area contributed by atoms with Crippen molar-refractivity contribution in [2.75, 3.05) is 19.0 Å². The summed E-state index contributed by atoms with van der Waals surface area (Å²) in [6.45, 7) is 27.1. The summed E-state index contributed by atoms with van der Waals surface area (Å²) in [5.41, 5.74) is 3.45. The molecule has 0 atom stereocenters. The van der Waals surface area contributed by atoms with Crippen molar-refractivity contribution in [3.63, 3.8) is 0 Å². The van der Waals surface area contributed by atoms with Crippen LogP contribution in [0.15, 0.2) is 12.4 Å². The number of pyridine rings is 1. The van der Waals surface area contributed by atoms with E-state index in [9.17, 15) is 4.79 Å². The van der Waals surface area contributed by atoms with E-state index in [-0.39, 0.29) is 17.0 Å². The lowest BCUT2D eigenvalue weighted by Gasteiger charge is -2.28. The van der Waals surface area contributed by atoms with Gasteiger partial charge >= 0.3 is 0 Å².